The molecule has 1 aliphatic rings. The first-order valence-corrected chi connectivity index (χ1v) is 10.8. The average Bonchev–Trinajstić information content (AvgIpc) is 3.23. The number of hydrogen-bond donors (Lipinski definition) is 2. The van der Waals surface area contributed by atoms with Crippen LogP contribution in [0.5, 0.6) is 0 Å². The lowest BCUT2D eigenvalue weighted by Crippen LogP contribution is -2.40. The van der Waals surface area contributed by atoms with Gasteiger partial charge in [0.2, 0.25) is 0 Å². The molecule has 2 aromatic carbocycles. The molecule has 6 nitrogen and oxygen atoms in total. The highest BCUT2D eigenvalue weighted by atomic mass is 35.5. The van der Waals surface area contributed by atoms with Crippen molar-refractivity contribution in [2.24, 2.45) is 0 Å². The minimum atomic E-state index is -0.280. The van der Waals surface area contributed by atoms with Gasteiger partial charge in [-0.3, -0.25) is 4.79 Å². The van der Waals surface area contributed by atoms with Crippen molar-refractivity contribution in [1.82, 2.24) is 9.88 Å². The molecule has 2 amide bonds. The topological polar surface area (TPSA) is 74.4 Å². The number of carbonyl (C=O) groups excluding carboxylic acids is 1. The van der Waals surface area contributed by atoms with Crippen LogP contribution < -0.4 is 10.9 Å². The van der Waals surface area contributed by atoms with E-state index in [9.17, 15) is 9.59 Å². The zero-order chi connectivity index (χ0) is 22.0. The molecule has 162 valence electrons. The number of carbonyl (C=O) groups is 1. The van der Waals surface area contributed by atoms with Crippen LogP contribution in [0.3, 0.4) is 0 Å². The summed E-state index contributed by atoms with van der Waals surface area (Å²) in [5.74, 6) is 0. The summed E-state index contributed by atoms with van der Waals surface area (Å²) in [6.07, 6.45) is 1.85. The molecule has 2 heterocycles. The lowest BCUT2D eigenvalue weighted by atomic mass is 10.0. The molecule has 0 bridgehead atoms. The molecule has 0 unspecified atom stereocenters. The van der Waals surface area contributed by atoms with E-state index in [1.165, 1.54) is 0 Å². The number of aromatic nitrogens is 1. The first-order valence-electron chi connectivity index (χ1n) is 10.5. The number of anilines is 1. The molecule has 1 atom stereocenters. The third-order valence-electron chi connectivity index (χ3n) is 5.58. The average molecular weight is 440 g/mol. The van der Waals surface area contributed by atoms with E-state index in [0.29, 0.717) is 29.4 Å². The van der Waals surface area contributed by atoms with Crippen molar-refractivity contribution in [2.75, 3.05) is 18.5 Å². The zero-order valence-electron chi connectivity index (χ0n) is 17.7. The highest BCUT2D eigenvalue weighted by molar-refractivity contribution is 6.30. The number of fused-ring (bicyclic) bond motifs is 1. The van der Waals surface area contributed by atoms with Gasteiger partial charge in [-0.2, -0.15) is 0 Å². The number of hydrogen-bond acceptors (Lipinski definition) is 3. The third kappa shape index (κ3) is 5.09. The first kappa shape index (κ1) is 21.4. The molecule has 31 heavy (non-hydrogen) atoms. The largest absolute Gasteiger partial charge is 0.376 e. The van der Waals surface area contributed by atoms with Crippen LogP contribution in [-0.2, 0) is 11.3 Å². The molecule has 0 saturated carbocycles. The van der Waals surface area contributed by atoms with E-state index in [2.05, 4.69) is 16.4 Å². The van der Waals surface area contributed by atoms with E-state index in [4.69, 9.17) is 16.3 Å². The molecule has 0 aliphatic carbocycles. The Bertz CT molecular complexity index is 1150. The monoisotopic (exact) mass is 439 g/mol. The van der Waals surface area contributed by atoms with E-state index in [1.54, 1.807) is 29.2 Å². The normalized spacial score (nSPS) is 15.9. The third-order valence-corrected chi connectivity index (χ3v) is 5.83. The van der Waals surface area contributed by atoms with Crippen molar-refractivity contribution in [3.63, 3.8) is 0 Å². The smallest absolute Gasteiger partial charge is 0.322 e. The number of nitrogens with zero attached hydrogens (tertiary/aromatic N) is 1. The maximum Gasteiger partial charge on any atom is 0.322 e. The summed E-state index contributed by atoms with van der Waals surface area (Å²) in [7, 11) is 0. The summed E-state index contributed by atoms with van der Waals surface area (Å²) in [4.78, 5) is 30.5. The summed E-state index contributed by atoms with van der Waals surface area (Å²) in [5, 5.41) is 4.48. The van der Waals surface area contributed by atoms with Gasteiger partial charge in [0.15, 0.2) is 0 Å². The number of H-pyrrole nitrogens is 1. The quantitative estimate of drug-likeness (QED) is 0.586. The number of rotatable bonds is 5. The number of aromatic amines is 1. The standard InChI is InChI=1S/C24H26ClN3O3/c1-15-10-16(2)21-12-17(23(29)27-22(21)11-15)13-28(14-20-4-3-9-31-20)24(30)26-19-7-5-18(25)6-8-19/h5-8,10-12,20H,3-4,9,13-14H2,1-2H3,(H,26,30)(H,27,29)/t20-/m0/s1. The number of nitrogens with one attached hydrogen (secondary N) is 2. The second-order valence-corrected chi connectivity index (χ2v) is 8.56. The van der Waals surface area contributed by atoms with Gasteiger partial charge in [0.1, 0.15) is 0 Å². The molecule has 2 N–H and O–H groups in total. The number of aryl methyl sites for hydroxylation is 2. The highest BCUT2D eigenvalue weighted by Gasteiger charge is 2.24. The molecule has 1 aromatic heterocycles. The van der Waals surface area contributed by atoms with Gasteiger partial charge in [0.05, 0.1) is 12.6 Å². The fourth-order valence-electron chi connectivity index (χ4n) is 4.03. The predicted molar refractivity (Wildman–Crippen MR) is 124 cm³/mol. The van der Waals surface area contributed by atoms with Crippen molar-refractivity contribution in [3.05, 3.63) is 74.5 Å². The van der Waals surface area contributed by atoms with Crippen LogP contribution in [0.25, 0.3) is 10.9 Å². The maximum absolute atomic E-state index is 13.1. The van der Waals surface area contributed by atoms with Crippen molar-refractivity contribution >= 4 is 34.2 Å². The van der Waals surface area contributed by atoms with Crippen molar-refractivity contribution in [2.45, 2.75) is 39.3 Å². The fourth-order valence-corrected chi connectivity index (χ4v) is 4.15. The Labute approximate surface area is 186 Å². The van der Waals surface area contributed by atoms with Crippen LogP contribution in [0, 0.1) is 13.8 Å². The van der Waals surface area contributed by atoms with E-state index >= 15 is 0 Å². The molecule has 0 spiro atoms. The second-order valence-electron chi connectivity index (χ2n) is 8.12. The van der Waals surface area contributed by atoms with E-state index < -0.39 is 0 Å². The van der Waals surface area contributed by atoms with Gasteiger partial charge in [-0.15, -0.1) is 0 Å². The van der Waals surface area contributed by atoms with E-state index in [0.717, 1.165) is 34.9 Å². The van der Waals surface area contributed by atoms with Crippen LogP contribution in [0.4, 0.5) is 10.5 Å². The van der Waals surface area contributed by atoms with Gasteiger partial charge in [-0.25, -0.2) is 4.79 Å². The summed E-state index contributed by atoms with van der Waals surface area (Å²) < 4.78 is 5.74. The van der Waals surface area contributed by atoms with Gasteiger partial charge in [-0.05, 0) is 74.2 Å². The number of ether oxygens (including phenoxy) is 1. The van der Waals surface area contributed by atoms with Gasteiger partial charge in [-0.1, -0.05) is 17.7 Å². The SMILES string of the molecule is Cc1cc(C)c2cc(CN(C[C@@H]3CCCO3)C(=O)Nc3ccc(Cl)cc3)c(=O)[nH]c2c1. The van der Waals surface area contributed by atoms with Crippen molar-refractivity contribution in [3.8, 4) is 0 Å². The minimum absolute atomic E-state index is 0.0279. The summed E-state index contributed by atoms with van der Waals surface area (Å²) >= 11 is 5.94. The van der Waals surface area contributed by atoms with E-state index in [-0.39, 0.29) is 24.2 Å². The number of amides is 2. The molecule has 4 rings (SSSR count). The lowest BCUT2D eigenvalue weighted by molar-refractivity contribution is 0.0818. The van der Waals surface area contributed by atoms with E-state index in [1.807, 2.05) is 26.0 Å². The summed E-state index contributed by atoms with van der Waals surface area (Å²) in [5.41, 5.74) is 3.99. The number of pyridine rings is 1. The Kier molecular flexibility index (Phi) is 6.30. The van der Waals surface area contributed by atoms with Crippen LogP contribution in [0.15, 0.2) is 47.3 Å². The minimum Gasteiger partial charge on any atom is -0.376 e. The molecule has 1 saturated heterocycles. The van der Waals surface area contributed by atoms with Gasteiger partial charge < -0.3 is 19.9 Å². The number of halogens is 1. The highest BCUT2D eigenvalue weighted by Crippen LogP contribution is 2.21. The maximum atomic E-state index is 13.1. The Morgan fingerprint density at radius 3 is 2.71 bits per heavy atom. The first-order chi connectivity index (χ1) is 14.9. The predicted octanol–water partition coefficient (Wildman–Crippen LogP) is 5.01. The summed E-state index contributed by atoms with van der Waals surface area (Å²) in [6.45, 7) is 5.34. The molecule has 1 fully saturated rings. The van der Waals surface area contributed by atoms with Crippen LogP contribution in [-0.4, -0.2) is 35.2 Å². The number of urea groups is 1. The Morgan fingerprint density at radius 2 is 2.00 bits per heavy atom. The second kappa shape index (κ2) is 9.12. The van der Waals surface area contributed by atoms with Gasteiger partial charge in [0.25, 0.3) is 5.56 Å². The Balaban J connectivity index is 1.62. The molecule has 3 aromatic rings. The Morgan fingerprint density at radius 1 is 1.23 bits per heavy atom. The molecular formula is C24H26ClN3O3. The molecular weight excluding hydrogens is 414 g/mol. The lowest BCUT2D eigenvalue weighted by Gasteiger charge is -2.26. The van der Waals surface area contributed by atoms with Crippen LogP contribution in [0.1, 0.15) is 29.5 Å². The van der Waals surface area contributed by atoms with Crippen molar-refractivity contribution < 1.29 is 9.53 Å². The van der Waals surface area contributed by atoms with Gasteiger partial charge >= 0.3 is 6.03 Å². The summed E-state index contributed by atoms with van der Waals surface area (Å²) in [6, 6.07) is 12.6. The molecule has 7 heteroatoms. The Hall–Kier alpha value is -2.83. The molecule has 0 radical (unpaired) electrons. The fraction of sp³-hybridized carbons (Fsp3) is 0.333. The van der Waals surface area contributed by atoms with Crippen molar-refractivity contribution in [1.29, 1.82) is 0 Å². The molecule has 1 aliphatic heterocycles. The zero-order valence-corrected chi connectivity index (χ0v) is 18.5. The van der Waals surface area contributed by atoms with Gasteiger partial charge in [0, 0.05) is 40.3 Å². The number of benzene rings is 2. The van der Waals surface area contributed by atoms with Crippen LogP contribution in [0.2, 0.25) is 5.02 Å². The van der Waals surface area contributed by atoms with Crippen LogP contribution >= 0.6 is 11.6 Å².